The van der Waals surface area contributed by atoms with E-state index in [4.69, 9.17) is 11.6 Å². The molecule has 21 heavy (non-hydrogen) atoms. The molecule has 0 aliphatic heterocycles. The van der Waals surface area contributed by atoms with E-state index in [1.54, 1.807) is 0 Å². The molecule has 1 unspecified atom stereocenters. The van der Waals surface area contributed by atoms with Gasteiger partial charge < -0.3 is 10.2 Å². The zero-order valence-electron chi connectivity index (χ0n) is 12.5. The van der Waals surface area contributed by atoms with Gasteiger partial charge >= 0.3 is 0 Å². The van der Waals surface area contributed by atoms with Crippen molar-refractivity contribution in [2.45, 2.75) is 19.4 Å². The van der Waals surface area contributed by atoms with E-state index in [0.29, 0.717) is 6.04 Å². The van der Waals surface area contributed by atoms with Gasteiger partial charge in [-0.2, -0.15) is 0 Å². The second kappa shape index (κ2) is 7.19. The number of para-hydroxylation sites is 1. The van der Waals surface area contributed by atoms with Crippen LogP contribution < -0.4 is 10.2 Å². The van der Waals surface area contributed by atoms with Crippen molar-refractivity contribution in [2.24, 2.45) is 0 Å². The van der Waals surface area contributed by atoms with Gasteiger partial charge in [-0.15, -0.1) is 0 Å². The van der Waals surface area contributed by atoms with Crippen LogP contribution in [0.15, 0.2) is 46.9 Å². The van der Waals surface area contributed by atoms with Crippen molar-refractivity contribution in [3.63, 3.8) is 0 Å². The van der Waals surface area contributed by atoms with Crippen LogP contribution in [0.25, 0.3) is 0 Å². The average molecular weight is 368 g/mol. The number of nitrogens with one attached hydrogen (secondary N) is 1. The average Bonchev–Trinajstić information content (AvgIpc) is 2.41. The summed E-state index contributed by atoms with van der Waals surface area (Å²) < 4.78 is 1.11. The van der Waals surface area contributed by atoms with Gasteiger partial charge in [-0.05, 0) is 43.2 Å². The smallest absolute Gasteiger partial charge is 0.0786 e. The molecule has 0 radical (unpaired) electrons. The maximum Gasteiger partial charge on any atom is 0.0786 e. The second-order valence-corrected chi connectivity index (χ2v) is 6.73. The first-order valence-electron chi connectivity index (χ1n) is 6.94. The van der Waals surface area contributed by atoms with E-state index >= 15 is 0 Å². The zero-order chi connectivity index (χ0) is 15.4. The molecule has 4 heteroatoms. The third-order valence-corrected chi connectivity index (χ3v) is 4.12. The fourth-order valence-corrected chi connectivity index (χ4v) is 2.98. The van der Waals surface area contributed by atoms with Crippen molar-refractivity contribution in [1.29, 1.82) is 0 Å². The van der Waals surface area contributed by atoms with E-state index < -0.39 is 0 Å². The Bertz CT molecular complexity index is 596. The van der Waals surface area contributed by atoms with Gasteiger partial charge in [0.2, 0.25) is 0 Å². The van der Waals surface area contributed by atoms with E-state index in [-0.39, 0.29) is 0 Å². The molecule has 0 amide bonds. The van der Waals surface area contributed by atoms with Crippen LogP contribution in [-0.2, 0) is 6.42 Å². The van der Waals surface area contributed by atoms with Gasteiger partial charge in [-0.1, -0.05) is 45.7 Å². The fraction of sp³-hybridized carbons (Fsp3) is 0.294. The summed E-state index contributed by atoms with van der Waals surface area (Å²) in [6.07, 6.45) is 0.965. The normalized spacial score (nSPS) is 12.0. The number of halogens is 2. The van der Waals surface area contributed by atoms with Crippen molar-refractivity contribution < 1.29 is 0 Å². The standard InChI is InChI=1S/C17H20BrClN2/c1-12(11-13-7-9-14(18)10-8-13)20-16-6-4-5-15(19)17(16)21(2)3/h4-10,12,20H,11H2,1-3H3. The number of nitrogens with zero attached hydrogens (tertiary/aromatic N) is 1. The first kappa shape index (κ1) is 16.2. The molecular formula is C17H20BrClN2. The van der Waals surface area contributed by atoms with Gasteiger partial charge in [0, 0.05) is 24.6 Å². The Balaban J connectivity index is 2.11. The highest BCUT2D eigenvalue weighted by atomic mass is 79.9. The molecule has 0 spiro atoms. The summed E-state index contributed by atoms with van der Waals surface area (Å²) in [6.45, 7) is 2.18. The minimum Gasteiger partial charge on any atom is -0.381 e. The van der Waals surface area contributed by atoms with Crippen molar-refractivity contribution >= 4 is 38.9 Å². The highest BCUT2D eigenvalue weighted by molar-refractivity contribution is 9.10. The molecule has 0 saturated heterocycles. The minimum absolute atomic E-state index is 0.323. The van der Waals surface area contributed by atoms with Gasteiger partial charge in [0.1, 0.15) is 0 Å². The van der Waals surface area contributed by atoms with E-state index in [0.717, 1.165) is 27.3 Å². The molecule has 2 aromatic carbocycles. The molecule has 2 aromatic rings. The summed E-state index contributed by atoms with van der Waals surface area (Å²) in [5.74, 6) is 0. The molecule has 0 saturated carbocycles. The van der Waals surface area contributed by atoms with Crippen molar-refractivity contribution in [1.82, 2.24) is 0 Å². The lowest BCUT2D eigenvalue weighted by molar-refractivity contribution is 0.789. The predicted molar refractivity (Wildman–Crippen MR) is 96.7 cm³/mol. The van der Waals surface area contributed by atoms with Crippen LogP contribution in [0, 0.1) is 0 Å². The van der Waals surface area contributed by atoms with Gasteiger partial charge in [0.25, 0.3) is 0 Å². The van der Waals surface area contributed by atoms with Crippen LogP contribution in [0.1, 0.15) is 12.5 Å². The molecule has 0 aromatic heterocycles. The lowest BCUT2D eigenvalue weighted by Gasteiger charge is -2.23. The Kier molecular flexibility index (Phi) is 5.54. The Morgan fingerprint density at radius 1 is 1.14 bits per heavy atom. The maximum absolute atomic E-state index is 6.30. The van der Waals surface area contributed by atoms with E-state index in [9.17, 15) is 0 Å². The van der Waals surface area contributed by atoms with E-state index in [1.165, 1.54) is 5.56 Å². The van der Waals surface area contributed by atoms with Crippen molar-refractivity contribution in [3.05, 3.63) is 57.5 Å². The van der Waals surface area contributed by atoms with Crippen molar-refractivity contribution in [2.75, 3.05) is 24.3 Å². The summed E-state index contributed by atoms with van der Waals surface area (Å²) in [4.78, 5) is 2.04. The molecule has 0 heterocycles. The monoisotopic (exact) mass is 366 g/mol. The largest absolute Gasteiger partial charge is 0.381 e. The number of hydrogen-bond acceptors (Lipinski definition) is 2. The molecule has 1 N–H and O–H groups in total. The first-order chi connectivity index (χ1) is 9.97. The lowest BCUT2D eigenvalue weighted by Crippen LogP contribution is -2.20. The van der Waals surface area contributed by atoms with Gasteiger partial charge in [-0.3, -0.25) is 0 Å². The van der Waals surface area contributed by atoms with Crippen LogP contribution >= 0.6 is 27.5 Å². The Labute approximate surface area is 140 Å². The minimum atomic E-state index is 0.323. The number of anilines is 2. The summed E-state index contributed by atoms with van der Waals surface area (Å²) in [5, 5.41) is 4.32. The van der Waals surface area contributed by atoms with Crippen LogP contribution in [0.3, 0.4) is 0 Å². The molecule has 2 rings (SSSR count). The Morgan fingerprint density at radius 3 is 2.43 bits per heavy atom. The molecule has 1 atom stereocenters. The van der Waals surface area contributed by atoms with Crippen LogP contribution in [0.5, 0.6) is 0 Å². The topological polar surface area (TPSA) is 15.3 Å². The van der Waals surface area contributed by atoms with Gasteiger partial charge in [0.05, 0.1) is 16.4 Å². The lowest BCUT2D eigenvalue weighted by atomic mass is 10.1. The van der Waals surface area contributed by atoms with E-state index in [1.807, 2.05) is 31.1 Å². The van der Waals surface area contributed by atoms with Gasteiger partial charge in [0.15, 0.2) is 0 Å². The summed E-state index contributed by atoms with van der Waals surface area (Å²) in [6, 6.07) is 14.7. The Hall–Kier alpha value is -1.19. The predicted octanol–water partition coefficient (Wildman–Crippen LogP) is 5.21. The van der Waals surface area contributed by atoms with Gasteiger partial charge in [-0.25, -0.2) is 0 Å². The van der Waals surface area contributed by atoms with Crippen LogP contribution in [-0.4, -0.2) is 20.1 Å². The molecular weight excluding hydrogens is 348 g/mol. The number of hydrogen-bond donors (Lipinski definition) is 1. The molecule has 0 bridgehead atoms. The summed E-state index contributed by atoms with van der Waals surface area (Å²) in [7, 11) is 4.01. The molecule has 0 aliphatic rings. The molecule has 2 nitrogen and oxygen atoms in total. The maximum atomic E-state index is 6.30. The van der Waals surface area contributed by atoms with E-state index in [2.05, 4.69) is 58.5 Å². The molecule has 112 valence electrons. The quantitative estimate of drug-likeness (QED) is 0.780. The highest BCUT2D eigenvalue weighted by Crippen LogP contribution is 2.33. The zero-order valence-corrected chi connectivity index (χ0v) is 14.9. The van der Waals surface area contributed by atoms with Crippen LogP contribution in [0.4, 0.5) is 11.4 Å². The molecule has 0 fully saturated rings. The first-order valence-corrected chi connectivity index (χ1v) is 8.11. The summed E-state index contributed by atoms with van der Waals surface area (Å²) >= 11 is 9.76. The van der Waals surface area contributed by atoms with Crippen molar-refractivity contribution in [3.8, 4) is 0 Å². The number of rotatable bonds is 5. The summed E-state index contributed by atoms with van der Waals surface area (Å²) in [5.41, 5.74) is 3.41. The SMILES string of the molecule is CC(Cc1ccc(Br)cc1)Nc1cccc(Cl)c1N(C)C. The molecule has 0 aliphatic carbocycles. The number of benzene rings is 2. The fourth-order valence-electron chi connectivity index (χ4n) is 2.38. The second-order valence-electron chi connectivity index (χ2n) is 5.41. The third-order valence-electron chi connectivity index (χ3n) is 3.29. The Morgan fingerprint density at radius 2 is 1.81 bits per heavy atom. The third kappa shape index (κ3) is 4.39. The van der Waals surface area contributed by atoms with Crippen LogP contribution in [0.2, 0.25) is 5.02 Å². The highest BCUT2D eigenvalue weighted by Gasteiger charge is 2.11.